The van der Waals surface area contributed by atoms with E-state index in [1.165, 1.54) is 0 Å². The SMILES string of the molecule is CC(O)COCC(F)(F)C(F)OC(F)(F)C(F)(F)C(F)(F)F.CC1CO1.OCC(F)(F)C(F)OC(F)(F)C(F)(F)C(F)(F)F. The molecule has 0 saturated carbocycles. The van der Waals surface area contributed by atoms with E-state index in [1.54, 1.807) is 0 Å². The van der Waals surface area contributed by atoms with Crippen molar-refractivity contribution in [3.8, 4) is 0 Å². The van der Waals surface area contributed by atoms with E-state index in [-0.39, 0.29) is 0 Å². The quantitative estimate of drug-likeness (QED) is 0.174. The van der Waals surface area contributed by atoms with Crippen molar-refractivity contribution >= 4 is 0 Å². The van der Waals surface area contributed by atoms with Gasteiger partial charge in [0.1, 0.15) is 13.2 Å². The maximum Gasteiger partial charge on any atom is 0.462 e. The first-order valence-corrected chi connectivity index (χ1v) is 10.6. The lowest BCUT2D eigenvalue weighted by Gasteiger charge is -2.30. The van der Waals surface area contributed by atoms with Crippen LogP contribution in [0.2, 0.25) is 0 Å². The third-order valence-electron chi connectivity index (χ3n) is 3.97. The van der Waals surface area contributed by atoms with Gasteiger partial charge in [0.05, 0.1) is 25.4 Å². The summed E-state index contributed by atoms with van der Waals surface area (Å²) in [5.74, 6) is -23.8. The van der Waals surface area contributed by atoms with Gasteiger partial charge in [-0.25, -0.2) is 8.78 Å². The van der Waals surface area contributed by atoms with Crippen LogP contribution in [0.25, 0.3) is 0 Å². The Kier molecular flexibility index (Phi) is 15.5. The van der Waals surface area contributed by atoms with Crippen molar-refractivity contribution in [1.29, 1.82) is 0 Å². The molecule has 0 aromatic heterocycles. The second-order valence-electron chi connectivity index (χ2n) is 8.23. The van der Waals surface area contributed by atoms with Crippen LogP contribution in [0.4, 0.5) is 87.8 Å². The average Bonchev–Trinajstić information content (AvgIpc) is 3.59. The molecule has 1 heterocycles. The molecule has 44 heavy (non-hydrogen) atoms. The van der Waals surface area contributed by atoms with E-state index in [0.717, 1.165) is 13.5 Å². The summed E-state index contributed by atoms with van der Waals surface area (Å²) in [7, 11) is 0. The minimum absolute atomic E-state index is 0.583. The molecule has 0 bridgehead atoms. The Morgan fingerprint density at radius 3 is 1.20 bits per heavy atom. The van der Waals surface area contributed by atoms with Crippen molar-refractivity contribution in [2.24, 2.45) is 0 Å². The molecular weight excluding hydrogens is 692 g/mol. The Morgan fingerprint density at radius 2 is 0.977 bits per heavy atom. The molecule has 0 aromatic carbocycles. The van der Waals surface area contributed by atoms with Gasteiger partial charge in [-0.15, -0.1) is 0 Å². The first-order valence-electron chi connectivity index (χ1n) is 10.6. The van der Waals surface area contributed by atoms with Crippen LogP contribution in [0.15, 0.2) is 0 Å². The van der Waals surface area contributed by atoms with Gasteiger partial charge in [0.15, 0.2) is 0 Å². The molecule has 4 unspecified atom stereocenters. The predicted molar refractivity (Wildman–Crippen MR) is 98.8 cm³/mol. The highest BCUT2D eigenvalue weighted by atomic mass is 19.4. The largest absolute Gasteiger partial charge is 0.462 e. The van der Waals surface area contributed by atoms with Crippen LogP contribution < -0.4 is 0 Å². The van der Waals surface area contributed by atoms with Crippen LogP contribution in [0.3, 0.4) is 0 Å². The maximum atomic E-state index is 12.9. The van der Waals surface area contributed by atoms with Crippen LogP contribution in [0.1, 0.15) is 13.8 Å². The topological polar surface area (TPSA) is 80.7 Å². The van der Waals surface area contributed by atoms with Gasteiger partial charge in [0, 0.05) is 0 Å². The van der Waals surface area contributed by atoms with Gasteiger partial charge in [-0.1, -0.05) is 0 Å². The highest BCUT2D eigenvalue weighted by Gasteiger charge is 2.77. The number of hydrogen-bond acceptors (Lipinski definition) is 6. The van der Waals surface area contributed by atoms with Crippen LogP contribution in [-0.4, -0.2) is 110 Å². The summed E-state index contributed by atoms with van der Waals surface area (Å²) in [5.41, 5.74) is 0. The monoisotopic (exact) mass is 712 g/mol. The highest BCUT2D eigenvalue weighted by Crippen LogP contribution is 2.49. The Labute approximate surface area is 231 Å². The summed E-state index contributed by atoms with van der Waals surface area (Å²) in [5, 5.41) is 16.4. The minimum atomic E-state index is -6.89. The lowest BCUT2D eigenvalue weighted by atomic mass is 10.3. The average molecular weight is 712 g/mol. The van der Waals surface area contributed by atoms with Crippen LogP contribution in [0, 0.1) is 0 Å². The molecule has 0 spiro atoms. The Hall–Kier alpha value is -1.64. The molecule has 0 amide bonds. The van der Waals surface area contributed by atoms with Crippen molar-refractivity contribution in [1.82, 2.24) is 0 Å². The number of aliphatic hydroxyl groups is 2. The summed E-state index contributed by atoms with van der Waals surface area (Å²) in [4.78, 5) is 0. The highest BCUT2D eigenvalue weighted by molar-refractivity contribution is 4.87. The predicted octanol–water partition coefficient (Wildman–Crippen LogP) is 6.24. The summed E-state index contributed by atoms with van der Waals surface area (Å²) in [6.45, 7) is -1.12. The van der Waals surface area contributed by atoms with Gasteiger partial charge in [-0.05, 0) is 13.8 Å². The number of aliphatic hydroxyl groups excluding tert-OH is 2. The van der Waals surface area contributed by atoms with E-state index >= 15 is 0 Å². The molecule has 268 valence electrons. The number of epoxide rings is 1. The summed E-state index contributed by atoms with van der Waals surface area (Å²) in [6, 6.07) is 0. The van der Waals surface area contributed by atoms with Gasteiger partial charge in [0.25, 0.3) is 12.7 Å². The molecule has 1 aliphatic heterocycles. The summed E-state index contributed by atoms with van der Waals surface area (Å²) >= 11 is 0. The standard InChI is InChI=1S/C9H10F10O3.C6H4F10O2.C3H6O/c1-4(20)2-21-3-6(11,12)5(10)22-9(18,19)7(13,14)8(15,16)17;7-2(3(8,9)1-17)18-6(15,16)4(10,11)5(12,13)14;1-3-2-4-3/h4-5,20H,2-3H2,1H3;2,17H,1H2;3H,2H2,1H3. The van der Waals surface area contributed by atoms with Crippen molar-refractivity contribution < 1.29 is 117 Å². The van der Waals surface area contributed by atoms with Crippen LogP contribution in [0.5, 0.6) is 0 Å². The van der Waals surface area contributed by atoms with Crippen molar-refractivity contribution in [3.63, 3.8) is 0 Å². The molecule has 6 nitrogen and oxygen atoms in total. The molecule has 0 radical (unpaired) electrons. The normalized spacial score (nSPS) is 19.2. The Balaban J connectivity index is 0. The minimum Gasteiger partial charge on any atom is -0.391 e. The fourth-order valence-electron chi connectivity index (χ4n) is 1.51. The third kappa shape index (κ3) is 13.0. The van der Waals surface area contributed by atoms with E-state index in [1.807, 2.05) is 0 Å². The zero-order valence-corrected chi connectivity index (χ0v) is 21.2. The number of ether oxygens (including phenoxy) is 4. The smallest absolute Gasteiger partial charge is 0.391 e. The maximum absolute atomic E-state index is 12.9. The molecule has 0 aliphatic carbocycles. The van der Waals surface area contributed by atoms with Gasteiger partial charge in [-0.3, -0.25) is 9.47 Å². The first kappa shape index (κ1) is 44.5. The van der Waals surface area contributed by atoms with Gasteiger partial charge in [-0.2, -0.15) is 79.0 Å². The summed E-state index contributed by atoms with van der Waals surface area (Å²) < 4.78 is 256. The number of hydrogen-bond donors (Lipinski definition) is 2. The molecule has 1 aliphatic rings. The molecule has 1 saturated heterocycles. The number of alkyl halides is 20. The zero-order valence-electron chi connectivity index (χ0n) is 21.2. The van der Waals surface area contributed by atoms with E-state index < -0.39 is 86.9 Å². The second-order valence-corrected chi connectivity index (χ2v) is 8.23. The number of halogens is 20. The molecule has 26 heteroatoms. The lowest BCUT2D eigenvalue weighted by molar-refractivity contribution is -0.451. The molecule has 4 atom stereocenters. The molecule has 1 fully saturated rings. The second kappa shape index (κ2) is 15.3. The van der Waals surface area contributed by atoms with E-state index in [0.29, 0.717) is 6.10 Å². The van der Waals surface area contributed by atoms with Gasteiger partial charge >= 0.3 is 48.3 Å². The molecule has 0 aromatic rings. The Bertz CT molecular complexity index is 842. The molecule has 1 rings (SSSR count). The molecular formula is C18H20F20O6. The molecule has 2 N–H and O–H groups in total. The van der Waals surface area contributed by atoms with E-state index in [2.05, 4.69) is 21.1 Å². The number of rotatable bonds is 13. The fraction of sp³-hybridized carbons (Fsp3) is 1.00. The lowest BCUT2D eigenvalue weighted by Crippen LogP contribution is -2.56. The van der Waals surface area contributed by atoms with Gasteiger partial charge in [0.2, 0.25) is 0 Å². The fourth-order valence-corrected chi connectivity index (χ4v) is 1.51. The third-order valence-corrected chi connectivity index (χ3v) is 3.97. The summed E-state index contributed by atoms with van der Waals surface area (Å²) in [6.07, 6.45) is -36.6. The Morgan fingerprint density at radius 1 is 0.682 bits per heavy atom. The van der Waals surface area contributed by atoms with Crippen LogP contribution in [-0.2, 0) is 18.9 Å². The van der Waals surface area contributed by atoms with E-state index in [4.69, 9.17) is 14.9 Å². The van der Waals surface area contributed by atoms with Crippen molar-refractivity contribution in [2.45, 2.75) is 87.0 Å². The van der Waals surface area contributed by atoms with Crippen LogP contribution >= 0.6 is 0 Å². The zero-order chi connectivity index (χ0) is 36.0. The first-order chi connectivity index (χ1) is 19.1. The van der Waals surface area contributed by atoms with Crippen molar-refractivity contribution in [3.05, 3.63) is 0 Å². The van der Waals surface area contributed by atoms with Gasteiger partial charge < -0.3 is 19.7 Å². The van der Waals surface area contributed by atoms with Crippen molar-refractivity contribution in [2.75, 3.05) is 26.4 Å². The van der Waals surface area contributed by atoms with E-state index in [9.17, 15) is 87.8 Å².